The van der Waals surface area contributed by atoms with Crippen LogP contribution >= 0.6 is 15.9 Å². The van der Waals surface area contributed by atoms with Crippen molar-refractivity contribution >= 4 is 38.4 Å². The molecule has 39 heavy (non-hydrogen) atoms. The van der Waals surface area contributed by atoms with Crippen molar-refractivity contribution in [3.8, 4) is 11.6 Å². The van der Waals surface area contributed by atoms with E-state index in [-0.39, 0.29) is 11.6 Å². The van der Waals surface area contributed by atoms with Crippen LogP contribution in [0.5, 0.6) is 11.6 Å². The maximum absolute atomic E-state index is 12.9. The summed E-state index contributed by atoms with van der Waals surface area (Å²) in [7, 11) is 1.50. The van der Waals surface area contributed by atoms with E-state index in [4.69, 9.17) is 4.74 Å². The first kappa shape index (κ1) is 26.3. The number of carbonyl (C=O) groups is 1. The third-order valence-electron chi connectivity index (χ3n) is 6.39. The molecule has 0 bridgehead atoms. The number of hydrogen-bond acceptors (Lipinski definition) is 5. The summed E-state index contributed by atoms with van der Waals surface area (Å²) in [5, 5.41) is 20.3. The van der Waals surface area contributed by atoms with E-state index in [1.54, 1.807) is 28.8 Å². The van der Waals surface area contributed by atoms with Gasteiger partial charge in [-0.25, -0.2) is 0 Å². The normalized spacial score (nSPS) is 11.5. The van der Waals surface area contributed by atoms with Crippen LogP contribution in [-0.2, 0) is 19.8 Å². The first-order chi connectivity index (χ1) is 19.0. The Kier molecular flexibility index (Phi) is 8.15. The van der Waals surface area contributed by atoms with E-state index < -0.39 is 5.91 Å². The molecular formula is C31H27BrN4O3. The Hall–Kier alpha value is -4.27. The van der Waals surface area contributed by atoms with Crippen molar-refractivity contribution < 1.29 is 14.6 Å². The SMILES string of the molecule is COc1ccccc1C(=O)N=Nc1c(O)n(CN(Cc2ccccc2)Cc2ccccc2)c2ccc(Br)cc12. The Balaban J connectivity index is 1.52. The molecule has 1 N–H and O–H groups in total. The minimum atomic E-state index is -0.558. The fourth-order valence-corrected chi connectivity index (χ4v) is 4.91. The molecule has 0 aliphatic carbocycles. The van der Waals surface area contributed by atoms with E-state index in [0.717, 1.165) is 21.1 Å². The van der Waals surface area contributed by atoms with Crippen LogP contribution in [0, 0.1) is 0 Å². The third kappa shape index (κ3) is 6.08. The number of amides is 1. The van der Waals surface area contributed by atoms with Crippen LogP contribution in [0.2, 0.25) is 0 Å². The molecule has 0 atom stereocenters. The Morgan fingerprint density at radius 3 is 2.15 bits per heavy atom. The molecule has 0 aliphatic heterocycles. The molecule has 0 saturated heterocycles. The van der Waals surface area contributed by atoms with Crippen molar-refractivity contribution in [3.63, 3.8) is 0 Å². The molecule has 8 heteroatoms. The number of rotatable bonds is 9. The molecule has 0 radical (unpaired) electrons. The minimum absolute atomic E-state index is 0.0641. The summed E-state index contributed by atoms with van der Waals surface area (Å²) in [5.74, 6) is -0.211. The number of methoxy groups -OCH3 is 1. The molecule has 0 saturated carbocycles. The summed E-state index contributed by atoms with van der Waals surface area (Å²) in [6, 6.07) is 33.0. The lowest BCUT2D eigenvalue weighted by Crippen LogP contribution is -2.25. The summed E-state index contributed by atoms with van der Waals surface area (Å²) in [6.07, 6.45) is 0. The van der Waals surface area contributed by atoms with Crippen LogP contribution in [0.1, 0.15) is 21.5 Å². The van der Waals surface area contributed by atoms with Crippen LogP contribution in [0.25, 0.3) is 10.9 Å². The summed E-state index contributed by atoms with van der Waals surface area (Å²) < 4.78 is 7.91. The van der Waals surface area contributed by atoms with Crippen molar-refractivity contribution in [1.82, 2.24) is 9.47 Å². The molecular weight excluding hydrogens is 556 g/mol. The Labute approximate surface area is 235 Å². The lowest BCUT2D eigenvalue weighted by Gasteiger charge is -2.24. The zero-order valence-electron chi connectivity index (χ0n) is 21.4. The van der Waals surface area contributed by atoms with E-state index >= 15 is 0 Å². The van der Waals surface area contributed by atoms with E-state index in [1.807, 2.05) is 54.6 Å². The molecule has 0 unspecified atom stereocenters. The quantitative estimate of drug-likeness (QED) is 0.180. The van der Waals surface area contributed by atoms with Gasteiger partial charge in [0, 0.05) is 22.9 Å². The average Bonchev–Trinajstić information content (AvgIpc) is 3.21. The van der Waals surface area contributed by atoms with Gasteiger partial charge in [-0.05, 0) is 41.5 Å². The summed E-state index contributed by atoms with van der Waals surface area (Å²) in [5.41, 5.74) is 3.63. The van der Waals surface area contributed by atoms with Crippen LogP contribution in [-0.4, -0.2) is 27.6 Å². The van der Waals surface area contributed by atoms with Gasteiger partial charge in [0.15, 0.2) is 5.69 Å². The zero-order chi connectivity index (χ0) is 27.2. The fraction of sp³-hybridized carbons (Fsp3) is 0.129. The van der Waals surface area contributed by atoms with Crippen LogP contribution < -0.4 is 4.74 Å². The molecule has 4 aromatic carbocycles. The van der Waals surface area contributed by atoms with Crippen LogP contribution in [0.15, 0.2) is 118 Å². The number of azo groups is 1. The number of aromatic nitrogens is 1. The number of carbonyl (C=O) groups excluding carboxylic acids is 1. The van der Waals surface area contributed by atoms with Crippen LogP contribution in [0.4, 0.5) is 5.69 Å². The molecule has 7 nitrogen and oxygen atoms in total. The van der Waals surface area contributed by atoms with Crippen molar-refractivity contribution in [1.29, 1.82) is 0 Å². The van der Waals surface area contributed by atoms with E-state index in [1.165, 1.54) is 7.11 Å². The standard InChI is InChI=1S/C31H27BrN4O3/c1-39-28-15-9-8-14-25(28)30(37)34-33-29-26-18-24(32)16-17-27(26)36(31(29)38)21-35(19-22-10-4-2-5-11-22)20-23-12-6-3-7-13-23/h2-18,38H,19-21H2,1H3. The van der Waals surface area contributed by atoms with Gasteiger partial charge in [0.2, 0.25) is 5.88 Å². The summed E-state index contributed by atoms with van der Waals surface area (Å²) in [4.78, 5) is 15.1. The van der Waals surface area contributed by atoms with E-state index in [2.05, 4.69) is 55.3 Å². The van der Waals surface area contributed by atoms with Gasteiger partial charge in [-0.1, -0.05) is 88.7 Å². The number of aromatic hydroxyl groups is 1. The van der Waals surface area contributed by atoms with Gasteiger partial charge in [-0.15, -0.1) is 10.2 Å². The van der Waals surface area contributed by atoms with Crippen LogP contribution in [0.3, 0.4) is 0 Å². The highest BCUT2D eigenvalue weighted by atomic mass is 79.9. The van der Waals surface area contributed by atoms with Gasteiger partial charge in [0.25, 0.3) is 5.91 Å². The van der Waals surface area contributed by atoms with E-state index in [0.29, 0.717) is 36.5 Å². The second-order valence-electron chi connectivity index (χ2n) is 9.07. The summed E-state index contributed by atoms with van der Waals surface area (Å²) >= 11 is 3.52. The molecule has 5 rings (SSSR count). The molecule has 1 aromatic heterocycles. The number of fused-ring (bicyclic) bond motifs is 1. The highest BCUT2D eigenvalue weighted by molar-refractivity contribution is 9.10. The molecule has 196 valence electrons. The van der Waals surface area contributed by atoms with Crippen molar-refractivity contribution in [2.45, 2.75) is 19.8 Å². The number of halogens is 1. The number of hydrogen-bond donors (Lipinski definition) is 1. The molecule has 0 aliphatic rings. The van der Waals surface area contributed by atoms with Gasteiger partial charge in [-0.3, -0.25) is 14.3 Å². The van der Waals surface area contributed by atoms with Gasteiger partial charge >= 0.3 is 0 Å². The molecule has 1 amide bonds. The third-order valence-corrected chi connectivity index (χ3v) is 6.88. The monoisotopic (exact) mass is 582 g/mol. The first-order valence-electron chi connectivity index (χ1n) is 12.4. The highest BCUT2D eigenvalue weighted by Crippen LogP contribution is 2.40. The Morgan fingerprint density at radius 1 is 0.897 bits per heavy atom. The topological polar surface area (TPSA) is 79.4 Å². The lowest BCUT2D eigenvalue weighted by atomic mass is 10.2. The number of para-hydroxylation sites is 1. The van der Waals surface area contributed by atoms with Gasteiger partial charge in [0.05, 0.1) is 24.9 Å². The van der Waals surface area contributed by atoms with Crippen molar-refractivity contribution in [2.24, 2.45) is 10.2 Å². The number of ether oxygens (including phenoxy) is 1. The fourth-order valence-electron chi connectivity index (χ4n) is 4.55. The average molecular weight is 583 g/mol. The second-order valence-corrected chi connectivity index (χ2v) is 9.98. The van der Waals surface area contributed by atoms with Gasteiger partial charge in [-0.2, -0.15) is 0 Å². The van der Waals surface area contributed by atoms with E-state index in [9.17, 15) is 9.90 Å². The highest BCUT2D eigenvalue weighted by Gasteiger charge is 2.20. The van der Waals surface area contributed by atoms with Crippen molar-refractivity contribution in [2.75, 3.05) is 7.11 Å². The van der Waals surface area contributed by atoms with Gasteiger partial charge in [0.1, 0.15) is 5.75 Å². The van der Waals surface area contributed by atoms with Crippen molar-refractivity contribution in [3.05, 3.63) is 124 Å². The molecule has 0 spiro atoms. The number of nitrogens with zero attached hydrogens (tertiary/aromatic N) is 4. The predicted molar refractivity (Wildman–Crippen MR) is 155 cm³/mol. The maximum atomic E-state index is 12.9. The first-order valence-corrected chi connectivity index (χ1v) is 13.2. The molecule has 5 aromatic rings. The Morgan fingerprint density at radius 2 is 1.51 bits per heavy atom. The Bertz CT molecular complexity index is 1580. The molecule has 0 fully saturated rings. The molecule has 1 heterocycles. The predicted octanol–water partition coefficient (Wildman–Crippen LogP) is 7.70. The maximum Gasteiger partial charge on any atom is 0.299 e. The van der Waals surface area contributed by atoms with Gasteiger partial charge < -0.3 is 9.84 Å². The zero-order valence-corrected chi connectivity index (χ0v) is 23.0. The largest absolute Gasteiger partial charge is 0.496 e. The lowest BCUT2D eigenvalue weighted by molar-refractivity contribution is 0.0992. The second kappa shape index (κ2) is 12.1. The summed E-state index contributed by atoms with van der Waals surface area (Å²) in [6.45, 7) is 1.74. The smallest absolute Gasteiger partial charge is 0.299 e. The minimum Gasteiger partial charge on any atom is -0.496 e. The number of benzene rings is 4.